The summed E-state index contributed by atoms with van der Waals surface area (Å²) < 4.78 is 7.51. The Bertz CT molecular complexity index is 1330. The van der Waals surface area contributed by atoms with Crippen LogP contribution >= 0.6 is 11.3 Å². The number of para-hydroxylation sites is 1. The van der Waals surface area contributed by atoms with Crippen LogP contribution in [0.1, 0.15) is 28.5 Å². The van der Waals surface area contributed by atoms with E-state index in [0.29, 0.717) is 24.5 Å². The molecule has 7 heteroatoms. The van der Waals surface area contributed by atoms with Gasteiger partial charge >= 0.3 is 0 Å². The Morgan fingerprint density at radius 2 is 1.88 bits per heavy atom. The topological polar surface area (TPSA) is 63.6 Å². The van der Waals surface area contributed by atoms with Gasteiger partial charge in [0.2, 0.25) is 5.91 Å². The minimum Gasteiger partial charge on any atom is -0.496 e. The van der Waals surface area contributed by atoms with Crippen molar-refractivity contribution < 1.29 is 14.3 Å². The van der Waals surface area contributed by atoms with Crippen LogP contribution < -0.4 is 10.1 Å². The molecule has 2 aromatic heterocycles. The highest BCUT2D eigenvalue weighted by molar-refractivity contribution is 7.16. The summed E-state index contributed by atoms with van der Waals surface area (Å²) in [6, 6.07) is 21.3. The Labute approximate surface area is 196 Å². The lowest BCUT2D eigenvalue weighted by Gasteiger charge is -2.44. The number of aromatic nitrogens is 1. The summed E-state index contributed by atoms with van der Waals surface area (Å²) >= 11 is 1.59. The standard InChI is InChI=1S/C26H25N3O3S/c1-26(25(31)27-15-18-8-4-3-5-9-18)17-28-21(14-19-12-13-33-24(19)28)23(30)29(26)16-20-10-6-7-11-22(20)32-2/h3-14H,15-17H2,1-2H3,(H,27,31). The Morgan fingerprint density at radius 1 is 1.12 bits per heavy atom. The lowest BCUT2D eigenvalue weighted by Crippen LogP contribution is -2.63. The van der Waals surface area contributed by atoms with Gasteiger partial charge in [-0.1, -0.05) is 48.5 Å². The molecule has 2 amide bonds. The average molecular weight is 460 g/mol. The number of carbonyl (C=O) groups is 2. The van der Waals surface area contributed by atoms with E-state index in [9.17, 15) is 9.59 Å². The Kier molecular flexibility index (Phi) is 5.42. The van der Waals surface area contributed by atoms with Crippen LogP contribution in [0.3, 0.4) is 0 Å². The van der Waals surface area contributed by atoms with E-state index in [-0.39, 0.29) is 18.4 Å². The predicted octanol–water partition coefficient (Wildman–Crippen LogP) is 4.44. The van der Waals surface area contributed by atoms with Crippen LogP contribution in [0.4, 0.5) is 0 Å². The van der Waals surface area contributed by atoms with Gasteiger partial charge in [0.25, 0.3) is 5.91 Å². The van der Waals surface area contributed by atoms with Gasteiger partial charge in [-0.15, -0.1) is 11.3 Å². The number of amides is 2. The van der Waals surface area contributed by atoms with Gasteiger partial charge in [-0.2, -0.15) is 0 Å². The lowest BCUT2D eigenvalue weighted by molar-refractivity contribution is -0.133. The zero-order valence-electron chi connectivity index (χ0n) is 18.6. The van der Waals surface area contributed by atoms with Crippen molar-refractivity contribution in [3.63, 3.8) is 0 Å². The molecule has 1 unspecified atom stereocenters. The first-order valence-corrected chi connectivity index (χ1v) is 11.7. The molecular weight excluding hydrogens is 434 g/mol. The van der Waals surface area contributed by atoms with Crippen molar-refractivity contribution in [2.45, 2.75) is 32.1 Å². The molecule has 6 nitrogen and oxygen atoms in total. The molecule has 0 saturated heterocycles. The molecule has 3 heterocycles. The summed E-state index contributed by atoms with van der Waals surface area (Å²) in [4.78, 5) is 30.1. The molecule has 168 valence electrons. The van der Waals surface area contributed by atoms with Gasteiger partial charge in [0.1, 0.15) is 21.8 Å². The number of methoxy groups -OCH3 is 1. The van der Waals surface area contributed by atoms with Crippen LogP contribution in [0.5, 0.6) is 5.75 Å². The Hall–Kier alpha value is -3.58. The minimum absolute atomic E-state index is 0.159. The number of nitrogens with zero attached hydrogens (tertiary/aromatic N) is 2. The van der Waals surface area contributed by atoms with E-state index in [1.165, 1.54) is 0 Å². The first-order valence-electron chi connectivity index (χ1n) is 10.8. The average Bonchev–Trinajstić information content (AvgIpc) is 3.43. The number of hydrogen-bond acceptors (Lipinski definition) is 4. The Morgan fingerprint density at radius 3 is 2.67 bits per heavy atom. The number of nitrogens with one attached hydrogen (secondary N) is 1. The molecule has 4 aromatic rings. The second kappa shape index (κ2) is 8.41. The molecule has 0 aliphatic carbocycles. The predicted molar refractivity (Wildman–Crippen MR) is 129 cm³/mol. The van der Waals surface area contributed by atoms with Crippen LogP contribution in [-0.4, -0.2) is 33.9 Å². The van der Waals surface area contributed by atoms with Gasteiger partial charge in [0, 0.05) is 17.5 Å². The van der Waals surface area contributed by atoms with Crippen molar-refractivity contribution in [1.82, 2.24) is 14.8 Å². The van der Waals surface area contributed by atoms with Gasteiger partial charge in [-0.3, -0.25) is 9.59 Å². The summed E-state index contributed by atoms with van der Waals surface area (Å²) in [6.07, 6.45) is 0. The van der Waals surface area contributed by atoms with Gasteiger partial charge < -0.3 is 19.5 Å². The number of ether oxygens (including phenoxy) is 1. The Balaban J connectivity index is 1.53. The zero-order valence-corrected chi connectivity index (χ0v) is 19.4. The van der Waals surface area contributed by atoms with E-state index in [4.69, 9.17) is 4.74 Å². The maximum absolute atomic E-state index is 13.8. The van der Waals surface area contributed by atoms with E-state index < -0.39 is 5.54 Å². The fourth-order valence-electron chi connectivity index (χ4n) is 4.48. The lowest BCUT2D eigenvalue weighted by atomic mass is 9.93. The number of rotatable bonds is 6. The summed E-state index contributed by atoms with van der Waals surface area (Å²) in [5, 5.41) is 6.10. The first kappa shape index (κ1) is 21.3. The van der Waals surface area contributed by atoms with E-state index >= 15 is 0 Å². The normalized spacial score (nSPS) is 17.8. The maximum atomic E-state index is 13.8. The molecule has 33 heavy (non-hydrogen) atoms. The molecule has 2 aromatic carbocycles. The second-order valence-electron chi connectivity index (χ2n) is 8.44. The van der Waals surface area contributed by atoms with E-state index in [1.807, 2.05) is 83.6 Å². The van der Waals surface area contributed by atoms with Crippen LogP contribution in [0.2, 0.25) is 0 Å². The fourth-order valence-corrected chi connectivity index (χ4v) is 5.37. The molecule has 0 bridgehead atoms. The fraction of sp³-hybridized carbons (Fsp3) is 0.231. The monoisotopic (exact) mass is 459 g/mol. The quantitative estimate of drug-likeness (QED) is 0.464. The largest absolute Gasteiger partial charge is 0.496 e. The van der Waals surface area contributed by atoms with Crippen molar-refractivity contribution in [2.24, 2.45) is 0 Å². The molecule has 1 aliphatic heterocycles. The van der Waals surface area contributed by atoms with Crippen molar-refractivity contribution >= 4 is 33.4 Å². The summed E-state index contributed by atoms with van der Waals surface area (Å²) in [5.74, 6) is 0.353. The van der Waals surface area contributed by atoms with Crippen molar-refractivity contribution in [1.29, 1.82) is 0 Å². The van der Waals surface area contributed by atoms with Crippen LogP contribution in [-0.2, 0) is 24.4 Å². The highest BCUT2D eigenvalue weighted by Gasteiger charge is 2.48. The third kappa shape index (κ3) is 3.68. The SMILES string of the molecule is COc1ccccc1CN1C(=O)c2cc3ccsc3n2CC1(C)C(=O)NCc1ccccc1. The molecule has 1 atom stereocenters. The van der Waals surface area contributed by atoms with Gasteiger partial charge in [0.15, 0.2) is 0 Å². The maximum Gasteiger partial charge on any atom is 0.271 e. The molecule has 0 spiro atoms. The minimum atomic E-state index is -1.07. The van der Waals surface area contributed by atoms with E-state index in [2.05, 4.69) is 5.32 Å². The number of carbonyl (C=O) groups excluding carboxylic acids is 2. The number of hydrogen-bond donors (Lipinski definition) is 1. The number of fused-ring (bicyclic) bond motifs is 3. The molecule has 0 radical (unpaired) electrons. The van der Waals surface area contributed by atoms with Crippen LogP contribution in [0.25, 0.3) is 10.2 Å². The van der Waals surface area contributed by atoms with Crippen molar-refractivity contribution in [3.05, 3.63) is 88.9 Å². The molecule has 0 saturated carbocycles. The van der Waals surface area contributed by atoms with Crippen LogP contribution in [0, 0.1) is 0 Å². The highest BCUT2D eigenvalue weighted by Crippen LogP contribution is 2.36. The summed E-state index contributed by atoms with van der Waals surface area (Å²) in [5.41, 5.74) is 1.41. The molecule has 1 aliphatic rings. The van der Waals surface area contributed by atoms with E-state index in [1.54, 1.807) is 23.3 Å². The second-order valence-corrected chi connectivity index (χ2v) is 9.34. The summed E-state index contributed by atoms with van der Waals surface area (Å²) in [6.45, 7) is 2.91. The third-order valence-electron chi connectivity index (χ3n) is 6.33. The number of benzene rings is 2. The van der Waals surface area contributed by atoms with Crippen molar-refractivity contribution in [3.8, 4) is 5.75 Å². The first-order chi connectivity index (χ1) is 16.0. The van der Waals surface area contributed by atoms with E-state index in [0.717, 1.165) is 21.3 Å². The zero-order chi connectivity index (χ0) is 23.0. The van der Waals surface area contributed by atoms with Crippen LogP contribution in [0.15, 0.2) is 72.1 Å². The van der Waals surface area contributed by atoms with Crippen molar-refractivity contribution in [2.75, 3.05) is 7.11 Å². The third-order valence-corrected chi connectivity index (χ3v) is 7.29. The smallest absolute Gasteiger partial charge is 0.271 e. The van der Waals surface area contributed by atoms with Gasteiger partial charge in [0.05, 0.1) is 20.2 Å². The highest BCUT2D eigenvalue weighted by atomic mass is 32.1. The molecule has 5 rings (SSSR count). The molecule has 0 fully saturated rings. The summed E-state index contributed by atoms with van der Waals surface area (Å²) in [7, 11) is 1.61. The number of thiophene rings is 1. The van der Waals surface area contributed by atoms with Gasteiger partial charge in [-0.05, 0) is 36.1 Å². The molecule has 1 N–H and O–H groups in total. The van der Waals surface area contributed by atoms with Gasteiger partial charge in [-0.25, -0.2) is 0 Å². The molecular formula is C26H25N3O3S.